The zero-order chi connectivity index (χ0) is 11.4. The maximum absolute atomic E-state index is 12.9. The van der Waals surface area contributed by atoms with Crippen LogP contribution < -0.4 is 0 Å². The molecule has 80 valence electrons. The Kier molecular flexibility index (Phi) is 4.03. The van der Waals surface area contributed by atoms with Gasteiger partial charge in [-0.1, -0.05) is 17.3 Å². The molecule has 1 aromatic rings. The Bertz CT molecular complexity index is 427. The van der Waals surface area contributed by atoms with Crippen molar-refractivity contribution in [3.8, 4) is 0 Å². The van der Waals surface area contributed by atoms with Gasteiger partial charge in [-0.05, 0) is 53.0 Å². The van der Waals surface area contributed by atoms with Gasteiger partial charge in [-0.3, -0.25) is 0 Å². The summed E-state index contributed by atoms with van der Waals surface area (Å²) >= 11 is 3.11. The first-order valence-corrected chi connectivity index (χ1v) is 5.16. The molecule has 0 bridgehead atoms. The second-order valence-electron chi connectivity index (χ2n) is 3.19. The number of halogens is 2. The van der Waals surface area contributed by atoms with E-state index in [1.807, 2.05) is 13.0 Å². The first kappa shape index (κ1) is 11.9. The Hall–Kier alpha value is -1.16. The Morgan fingerprint density at radius 3 is 2.67 bits per heavy atom. The van der Waals surface area contributed by atoms with Gasteiger partial charge < -0.3 is 5.21 Å². The van der Waals surface area contributed by atoms with Gasteiger partial charge in [0.05, 0.1) is 10.2 Å². The fourth-order valence-electron chi connectivity index (χ4n) is 1.04. The molecule has 0 heterocycles. The molecular weight excluding hydrogens is 261 g/mol. The molecule has 2 nitrogen and oxygen atoms in total. The van der Waals surface area contributed by atoms with E-state index >= 15 is 0 Å². The third-order valence-corrected chi connectivity index (χ3v) is 2.66. The second-order valence-corrected chi connectivity index (χ2v) is 4.04. The summed E-state index contributed by atoms with van der Waals surface area (Å²) < 4.78 is 13.3. The predicted octanol–water partition coefficient (Wildman–Crippen LogP) is 3.84. The molecule has 0 atom stereocenters. The molecule has 1 aromatic carbocycles. The molecule has 0 aliphatic heterocycles. The van der Waals surface area contributed by atoms with E-state index in [9.17, 15) is 4.39 Å². The smallest absolute Gasteiger partial charge is 0.137 e. The molecule has 0 aliphatic rings. The number of hydrogen-bond acceptors (Lipinski definition) is 2. The van der Waals surface area contributed by atoms with Crippen LogP contribution in [0, 0.1) is 5.82 Å². The molecule has 0 saturated carbocycles. The highest BCUT2D eigenvalue weighted by Crippen LogP contribution is 2.18. The predicted molar refractivity (Wildman–Crippen MR) is 62.6 cm³/mol. The second kappa shape index (κ2) is 5.07. The average Bonchev–Trinajstić information content (AvgIpc) is 2.22. The van der Waals surface area contributed by atoms with E-state index < -0.39 is 0 Å². The summed E-state index contributed by atoms with van der Waals surface area (Å²) in [5.41, 5.74) is 2.22. The third kappa shape index (κ3) is 3.16. The van der Waals surface area contributed by atoms with Crippen LogP contribution in [0.5, 0.6) is 0 Å². The highest BCUT2D eigenvalue weighted by atomic mass is 79.9. The van der Waals surface area contributed by atoms with Crippen molar-refractivity contribution in [1.82, 2.24) is 0 Å². The summed E-state index contributed by atoms with van der Waals surface area (Å²) in [6.07, 6.45) is 1.82. The SMILES string of the molecule is CC(=C/c1ccc(F)c(Br)c1)/C(C)=N/O. The van der Waals surface area contributed by atoms with Crippen LogP contribution in [0.3, 0.4) is 0 Å². The first-order chi connectivity index (χ1) is 7.04. The van der Waals surface area contributed by atoms with E-state index in [-0.39, 0.29) is 5.82 Å². The van der Waals surface area contributed by atoms with Crippen LogP contribution in [0.4, 0.5) is 4.39 Å². The van der Waals surface area contributed by atoms with Crippen molar-refractivity contribution in [1.29, 1.82) is 0 Å². The largest absolute Gasteiger partial charge is 0.411 e. The maximum atomic E-state index is 12.9. The maximum Gasteiger partial charge on any atom is 0.137 e. The summed E-state index contributed by atoms with van der Waals surface area (Å²) in [4.78, 5) is 0. The molecule has 1 N–H and O–H groups in total. The summed E-state index contributed by atoms with van der Waals surface area (Å²) in [6, 6.07) is 4.71. The van der Waals surface area contributed by atoms with Crippen molar-refractivity contribution >= 4 is 27.7 Å². The van der Waals surface area contributed by atoms with Crippen molar-refractivity contribution in [2.24, 2.45) is 5.16 Å². The summed E-state index contributed by atoms with van der Waals surface area (Å²) in [7, 11) is 0. The third-order valence-electron chi connectivity index (χ3n) is 2.05. The van der Waals surface area contributed by atoms with E-state index in [4.69, 9.17) is 5.21 Å². The van der Waals surface area contributed by atoms with E-state index in [0.29, 0.717) is 10.2 Å². The van der Waals surface area contributed by atoms with Gasteiger partial charge in [0, 0.05) is 0 Å². The monoisotopic (exact) mass is 271 g/mol. The van der Waals surface area contributed by atoms with Crippen LogP contribution in [-0.4, -0.2) is 10.9 Å². The number of oxime groups is 1. The van der Waals surface area contributed by atoms with Crippen molar-refractivity contribution in [2.45, 2.75) is 13.8 Å². The molecule has 1 rings (SSSR count). The molecule has 15 heavy (non-hydrogen) atoms. The van der Waals surface area contributed by atoms with Gasteiger partial charge >= 0.3 is 0 Å². The number of allylic oxidation sites excluding steroid dienone is 1. The molecule has 0 amide bonds. The number of hydrogen-bond donors (Lipinski definition) is 1. The van der Waals surface area contributed by atoms with Crippen LogP contribution in [0.1, 0.15) is 19.4 Å². The minimum atomic E-state index is -0.294. The van der Waals surface area contributed by atoms with Crippen LogP contribution >= 0.6 is 15.9 Å². The van der Waals surface area contributed by atoms with Crippen molar-refractivity contribution < 1.29 is 9.60 Å². The topological polar surface area (TPSA) is 32.6 Å². The number of nitrogens with zero attached hydrogens (tertiary/aromatic N) is 1. The molecular formula is C11H11BrFNO. The van der Waals surface area contributed by atoms with Gasteiger partial charge in [0.1, 0.15) is 5.82 Å². The molecule has 0 unspecified atom stereocenters. The molecule has 0 saturated heterocycles. The number of benzene rings is 1. The Morgan fingerprint density at radius 2 is 2.13 bits per heavy atom. The highest BCUT2D eigenvalue weighted by Gasteiger charge is 2.00. The fraction of sp³-hybridized carbons (Fsp3) is 0.182. The van der Waals surface area contributed by atoms with Crippen LogP contribution in [-0.2, 0) is 0 Å². The van der Waals surface area contributed by atoms with Crippen molar-refractivity contribution in [2.75, 3.05) is 0 Å². The minimum absolute atomic E-state index is 0.294. The van der Waals surface area contributed by atoms with Gasteiger partial charge in [0.15, 0.2) is 0 Å². The Balaban J connectivity index is 3.04. The van der Waals surface area contributed by atoms with Crippen molar-refractivity contribution in [3.05, 3.63) is 39.6 Å². The number of rotatable bonds is 2. The molecule has 0 aromatic heterocycles. The van der Waals surface area contributed by atoms with E-state index in [1.165, 1.54) is 6.07 Å². The van der Waals surface area contributed by atoms with Gasteiger partial charge in [-0.25, -0.2) is 4.39 Å². The van der Waals surface area contributed by atoms with Gasteiger partial charge in [-0.2, -0.15) is 0 Å². The van der Waals surface area contributed by atoms with Gasteiger partial charge in [0.25, 0.3) is 0 Å². The normalized spacial score (nSPS) is 13.1. The lowest BCUT2D eigenvalue weighted by Gasteiger charge is -2.00. The lowest BCUT2D eigenvalue weighted by molar-refractivity contribution is 0.319. The van der Waals surface area contributed by atoms with E-state index in [2.05, 4.69) is 21.1 Å². The first-order valence-electron chi connectivity index (χ1n) is 4.37. The van der Waals surface area contributed by atoms with Crippen LogP contribution in [0.2, 0.25) is 0 Å². The van der Waals surface area contributed by atoms with E-state index in [1.54, 1.807) is 19.1 Å². The lowest BCUT2D eigenvalue weighted by atomic mass is 10.1. The summed E-state index contributed by atoms with van der Waals surface area (Å²) in [5, 5.41) is 11.6. The summed E-state index contributed by atoms with van der Waals surface area (Å²) in [6.45, 7) is 3.52. The van der Waals surface area contributed by atoms with Crippen LogP contribution in [0.15, 0.2) is 33.4 Å². The summed E-state index contributed by atoms with van der Waals surface area (Å²) in [5.74, 6) is -0.294. The molecule has 0 aliphatic carbocycles. The molecule has 0 spiro atoms. The zero-order valence-electron chi connectivity index (χ0n) is 8.46. The van der Waals surface area contributed by atoms with E-state index in [0.717, 1.165) is 11.1 Å². The van der Waals surface area contributed by atoms with Gasteiger partial charge in [-0.15, -0.1) is 0 Å². The molecule has 4 heteroatoms. The zero-order valence-corrected chi connectivity index (χ0v) is 10.0. The molecule has 0 radical (unpaired) electrons. The standard InChI is InChI=1S/C11H11BrFNO/c1-7(8(2)14-15)5-9-3-4-11(13)10(12)6-9/h3-6,15H,1-2H3/b7-5-,14-8+. The van der Waals surface area contributed by atoms with Crippen LogP contribution in [0.25, 0.3) is 6.08 Å². The lowest BCUT2D eigenvalue weighted by Crippen LogP contribution is -1.92. The average molecular weight is 272 g/mol. The quantitative estimate of drug-likeness (QED) is 0.495. The molecule has 0 fully saturated rings. The Labute approximate surface area is 96.2 Å². The fourth-order valence-corrected chi connectivity index (χ4v) is 1.43. The Morgan fingerprint density at radius 1 is 1.47 bits per heavy atom. The van der Waals surface area contributed by atoms with Crippen molar-refractivity contribution in [3.63, 3.8) is 0 Å². The minimum Gasteiger partial charge on any atom is -0.411 e. The highest BCUT2D eigenvalue weighted by molar-refractivity contribution is 9.10. The van der Waals surface area contributed by atoms with Gasteiger partial charge in [0.2, 0.25) is 0 Å².